The summed E-state index contributed by atoms with van der Waals surface area (Å²) in [6.45, 7) is 7.27. The van der Waals surface area contributed by atoms with E-state index in [4.69, 9.17) is 4.74 Å². The first-order valence-electron chi connectivity index (χ1n) is 8.66. The summed E-state index contributed by atoms with van der Waals surface area (Å²) < 4.78 is 7.12. The van der Waals surface area contributed by atoms with E-state index in [0.29, 0.717) is 6.04 Å². The Hall–Kier alpha value is -0.580. The van der Waals surface area contributed by atoms with Crippen LogP contribution >= 0.6 is 15.9 Å². The van der Waals surface area contributed by atoms with Crippen LogP contribution in [0.1, 0.15) is 44.2 Å². The molecule has 1 heterocycles. The maximum Gasteiger partial charge on any atom is 0.124 e. The first-order chi connectivity index (χ1) is 10.8. The molecule has 0 unspecified atom stereocenters. The van der Waals surface area contributed by atoms with Gasteiger partial charge in [0.05, 0.1) is 6.61 Å². The van der Waals surface area contributed by atoms with Crippen molar-refractivity contribution in [2.24, 2.45) is 5.92 Å². The second-order valence-corrected chi connectivity index (χ2v) is 7.31. The fraction of sp³-hybridized carbons (Fsp3) is 0.667. The number of nitrogens with one attached hydrogen (secondary N) is 1. The summed E-state index contributed by atoms with van der Waals surface area (Å²) in [5.74, 6) is 1.84. The summed E-state index contributed by atoms with van der Waals surface area (Å²) in [5, 5.41) is 3.48. The molecule has 4 heteroatoms. The van der Waals surface area contributed by atoms with Gasteiger partial charge in [0.2, 0.25) is 0 Å². The zero-order valence-electron chi connectivity index (χ0n) is 13.5. The number of ether oxygens (including phenoxy) is 1. The van der Waals surface area contributed by atoms with Crippen LogP contribution < -0.4 is 10.1 Å². The quantitative estimate of drug-likeness (QED) is 0.852. The van der Waals surface area contributed by atoms with Crippen LogP contribution in [0.2, 0.25) is 0 Å². The molecule has 1 atom stereocenters. The highest BCUT2D eigenvalue weighted by molar-refractivity contribution is 9.10. The predicted octanol–water partition coefficient (Wildman–Crippen LogP) is 3.98. The molecule has 0 aromatic heterocycles. The zero-order chi connectivity index (χ0) is 15.4. The first-order valence-corrected chi connectivity index (χ1v) is 9.46. The van der Waals surface area contributed by atoms with Crippen molar-refractivity contribution in [3.05, 3.63) is 28.2 Å². The van der Waals surface area contributed by atoms with Gasteiger partial charge < -0.3 is 10.1 Å². The Bertz CT molecular complexity index is 482. The molecule has 1 aliphatic heterocycles. The van der Waals surface area contributed by atoms with Crippen molar-refractivity contribution in [3.8, 4) is 5.75 Å². The van der Waals surface area contributed by atoms with Crippen molar-refractivity contribution < 1.29 is 4.74 Å². The molecule has 1 saturated heterocycles. The number of halogens is 1. The third-order valence-corrected chi connectivity index (χ3v) is 5.47. The Labute approximate surface area is 142 Å². The molecular weight excluding hydrogens is 340 g/mol. The molecule has 1 aromatic carbocycles. The topological polar surface area (TPSA) is 24.5 Å². The van der Waals surface area contributed by atoms with Crippen molar-refractivity contribution in [1.82, 2.24) is 10.2 Å². The minimum atomic E-state index is 0.503. The van der Waals surface area contributed by atoms with Crippen molar-refractivity contribution in [3.63, 3.8) is 0 Å². The SMILES string of the molecule is CCOc1ccc(Br)cc1[C@H](C1CCCC1)N1CCNCC1. The number of hydrogen-bond acceptors (Lipinski definition) is 3. The maximum absolute atomic E-state index is 5.96. The van der Waals surface area contributed by atoms with E-state index in [0.717, 1.165) is 48.9 Å². The maximum atomic E-state index is 5.96. The fourth-order valence-corrected chi connectivity index (χ4v) is 4.40. The van der Waals surface area contributed by atoms with Gasteiger partial charge in [-0.2, -0.15) is 0 Å². The third kappa shape index (κ3) is 3.66. The summed E-state index contributed by atoms with van der Waals surface area (Å²) in [5.41, 5.74) is 1.38. The first kappa shape index (κ1) is 16.3. The molecule has 1 saturated carbocycles. The highest BCUT2D eigenvalue weighted by Gasteiger charge is 2.33. The van der Waals surface area contributed by atoms with Crippen LogP contribution in [-0.4, -0.2) is 37.7 Å². The summed E-state index contributed by atoms with van der Waals surface area (Å²) in [7, 11) is 0. The van der Waals surface area contributed by atoms with Gasteiger partial charge in [-0.3, -0.25) is 4.90 Å². The Kier molecular flexibility index (Phi) is 5.77. The summed E-state index contributed by atoms with van der Waals surface area (Å²) in [6, 6.07) is 7.02. The normalized spacial score (nSPS) is 21.9. The average molecular weight is 367 g/mol. The molecule has 0 spiro atoms. The lowest BCUT2D eigenvalue weighted by atomic mass is 9.89. The Morgan fingerprint density at radius 3 is 2.68 bits per heavy atom. The lowest BCUT2D eigenvalue weighted by molar-refractivity contribution is 0.122. The summed E-state index contributed by atoms with van der Waals surface area (Å²) in [6.07, 6.45) is 5.47. The van der Waals surface area contributed by atoms with Gasteiger partial charge in [-0.05, 0) is 43.9 Å². The van der Waals surface area contributed by atoms with Crippen molar-refractivity contribution in [2.45, 2.75) is 38.6 Å². The number of hydrogen-bond donors (Lipinski definition) is 1. The van der Waals surface area contributed by atoms with Gasteiger partial charge in [0, 0.05) is 42.3 Å². The average Bonchev–Trinajstić information content (AvgIpc) is 3.05. The molecule has 0 radical (unpaired) electrons. The molecule has 122 valence electrons. The van der Waals surface area contributed by atoms with Gasteiger partial charge in [-0.15, -0.1) is 0 Å². The monoisotopic (exact) mass is 366 g/mol. The van der Waals surface area contributed by atoms with Crippen LogP contribution in [0.5, 0.6) is 5.75 Å². The molecule has 0 bridgehead atoms. The lowest BCUT2D eigenvalue weighted by Crippen LogP contribution is -2.46. The third-order valence-electron chi connectivity index (χ3n) is 4.98. The molecule has 0 amide bonds. The smallest absolute Gasteiger partial charge is 0.124 e. The molecule has 3 rings (SSSR count). The number of benzene rings is 1. The Balaban J connectivity index is 1.94. The molecule has 1 aromatic rings. The van der Waals surface area contributed by atoms with Crippen molar-refractivity contribution in [2.75, 3.05) is 32.8 Å². The van der Waals surface area contributed by atoms with Crippen LogP contribution in [0, 0.1) is 5.92 Å². The Morgan fingerprint density at radius 1 is 1.27 bits per heavy atom. The van der Waals surface area contributed by atoms with Gasteiger partial charge in [-0.25, -0.2) is 0 Å². The largest absolute Gasteiger partial charge is 0.494 e. The predicted molar refractivity (Wildman–Crippen MR) is 94.5 cm³/mol. The van der Waals surface area contributed by atoms with E-state index in [1.807, 2.05) is 0 Å². The number of nitrogens with zero attached hydrogens (tertiary/aromatic N) is 1. The second-order valence-electron chi connectivity index (χ2n) is 6.39. The van der Waals surface area contributed by atoms with E-state index in [2.05, 4.69) is 51.3 Å². The highest BCUT2D eigenvalue weighted by atomic mass is 79.9. The lowest BCUT2D eigenvalue weighted by Gasteiger charge is -2.39. The number of piperazine rings is 1. The van der Waals surface area contributed by atoms with E-state index in [-0.39, 0.29) is 0 Å². The van der Waals surface area contributed by atoms with Crippen molar-refractivity contribution >= 4 is 15.9 Å². The van der Waals surface area contributed by atoms with Gasteiger partial charge >= 0.3 is 0 Å². The zero-order valence-corrected chi connectivity index (χ0v) is 15.1. The van der Waals surface area contributed by atoms with E-state index < -0.39 is 0 Å². The molecule has 1 aliphatic carbocycles. The standard InChI is InChI=1S/C18H27BrN2O/c1-2-22-17-8-7-15(19)13-16(17)18(14-5-3-4-6-14)21-11-9-20-10-12-21/h7-8,13-14,18,20H,2-6,9-12H2,1H3/t18-/m0/s1. The van der Waals surface area contributed by atoms with E-state index in [1.165, 1.54) is 31.2 Å². The van der Waals surface area contributed by atoms with E-state index >= 15 is 0 Å². The molecule has 2 aliphatic rings. The van der Waals surface area contributed by atoms with E-state index in [9.17, 15) is 0 Å². The van der Waals surface area contributed by atoms with E-state index in [1.54, 1.807) is 0 Å². The van der Waals surface area contributed by atoms with Gasteiger partial charge in [0.25, 0.3) is 0 Å². The Morgan fingerprint density at radius 2 is 2.00 bits per heavy atom. The summed E-state index contributed by atoms with van der Waals surface area (Å²) >= 11 is 3.66. The van der Waals surface area contributed by atoms with Crippen LogP contribution in [0.3, 0.4) is 0 Å². The van der Waals surface area contributed by atoms with Crippen LogP contribution in [0.15, 0.2) is 22.7 Å². The van der Waals surface area contributed by atoms with Gasteiger partial charge in [0.1, 0.15) is 5.75 Å². The molecule has 22 heavy (non-hydrogen) atoms. The van der Waals surface area contributed by atoms with Crippen LogP contribution in [0.4, 0.5) is 0 Å². The molecule has 3 nitrogen and oxygen atoms in total. The van der Waals surface area contributed by atoms with Crippen LogP contribution in [-0.2, 0) is 0 Å². The molecular formula is C18H27BrN2O. The van der Waals surface area contributed by atoms with Crippen LogP contribution in [0.25, 0.3) is 0 Å². The van der Waals surface area contributed by atoms with Gasteiger partial charge in [-0.1, -0.05) is 28.8 Å². The minimum Gasteiger partial charge on any atom is -0.494 e. The fourth-order valence-electron chi connectivity index (χ4n) is 4.02. The minimum absolute atomic E-state index is 0.503. The molecule has 2 fully saturated rings. The summed E-state index contributed by atoms with van der Waals surface area (Å²) in [4.78, 5) is 2.68. The molecule has 1 N–H and O–H groups in total. The second kappa shape index (κ2) is 7.80. The van der Waals surface area contributed by atoms with Gasteiger partial charge in [0.15, 0.2) is 0 Å². The number of rotatable bonds is 5. The van der Waals surface area contributed by atoms with Crippen molar-refractivity contribution in [1.29, 1.82) is 0 Å². The highest BCUT2D eigenvalue weighted by Crippen LogP contribution is 2.43.